The fourth-order valence-corrected chi connectivity index (χ4v) is 1.33. The number of carbonyl (C=O) groups excluding carboxylic acids is 2. The smallest absolute Gasteiger partial charge is 0.248 e. The van der Waals surface area contributed by atoms with Gasteiger partial charge in [0, 0.05) is 18.2 Å². The highest BCUT2D eigenvalue weighted by Gasteiger charge is 2.08. The Morgan fingerprint density at radius 3 is 2.16 bits per heavy atom. The van der Waals surface area contributed by atoms with Crippen LogP contribution in [0.1, 0.15) is 26.3 Å². The zero-order valence-electron chi connectivity index (χ0n) is 11.4. The molecule has 0 spiro atoms. The number of benzene rings is 1. The van der Waals surface area contributed by atoms with E-state index in [0.717, 1.165) is 11.3 Å². The van der Waals surface area contributed by atoms with Crippen LogP contribution in [0.2, 0.25) is 0 Å². The van der Waals surface area contributed by atoms with Gasteiger partial charge in [0.25, 0.3) is 0 Å². The summed E-state index contributed by atoms with van der Waals surface area (Å²) < 4.78 is 0. The third-order valence-electron chi connectivity index (χ3n) is 2.59. The van der Waals surface area contributed by atoms with Crippen LogP contribution in [0.3, 0.4) is 0 Å². The van der Waals surface area contributed by atoms with E-state index in [2.05, 4.69) is 10.6 Å². The highest BCUT2D eigenvalue weighted by molar-refractivity contribution is 5.92. The molecule has 0 heterocycles. The second-order valence-electron chi connectivity index (χ2n) is 4.73. The summed E-state index contributed by atoms with van der Waals surface area (Å²) in [6.45, 7) is 5.42. The Morgan fingerprint density at radius 2 is 1.68 bits per heavy atom. The van der Waals surface area contributed by atoms with Gasteiger partial charge in [-0.15, -0.1) is 0 Å². The van der Waals surface area contributed by atoms with E-state index < -0.39 is 12.0 Å². The van der Waals surface area contributed by atoms with Crippen molar-refractivity contribution in [3.05, 3.63) is 29.8 Å². The number of hydrogen-bond acceptors (Lipinski definition) is 3. The molecule has 3 N–H and O–H groups in total. The summed E-state index contributed by atoms with van der Waals surface area (Å²) in [5.41, 5.74) is 1.63. The van der Waals surface area contributed by atoms with Crippen molar-refractivity contribution in [2.24, 2.45) is 5.92 Å². The number of hydrogen-bond donors (Lipinski definition) is 3. The fourth-order valence-electron chi connectivity index (χ4n) is 1.33. The number of rotatable bonds is 5. The maximum atomic E-state index is 11.5. The van der Waals surface area contributed by atoms with Crippen molar-refractivity contribution in [1.29, 1.82) is 0 Å². The minimum absolute atomic E-state index is 0.0323. The van der Waals surface area contributed by atoms with Gasteiger partial charge in [0.1, 0.15) is 6.10 Å². The lowest BCUT2D eigenvalue weighted by atomic mass is 10.1. The van der Waals surface area contributed by atoms with Crippen molar-refractivity contribution < 1.29 is 14.7 Å². The largest absolute Gasteiger partial charge is 0.384 e. The third-order valence-corrected chi connectivity index (χ3v) is 2.59. The van der Waals surface area contributed by atoms with Gasteiger partial charge in [-0.1, -0.05) is 26.0 Å². The highest BCUT2D eigenvalue weighted by atomic mass is 16.3. The molecule has 1 aromatic rings. The second kappa shape index (κ2) is 6.89. The Bertz CT molecular complexity index is 439. The first kappa shape index (κ1) is 15.2. The summed E-state index contributed by atoms with van der Waals surface area (Å²) in [6, 6.07) is 7.20. The van der Waals surface area contributed by atoms with Crippen molar-refractivity contribution in [3.8, 4) is 0 Å². The number of carbonyl (C=O) groups is 2. The van der Waals surface area contributed by atoms with Crippen LogP contribution in [0.4, 0.5) is 5.69 Å². The van der Waals surface area contributed by atoms with Gasteiger partial charge >= 0.3 is 0 Å². The van der Waals surface area contributed by atoms with Crippen LogP contribution in [-0.4, -0.2) is 23.0 Å². The van der Waals surface area contributed by atoms with E-state index in [1.807, 2.05) is 26.0 Å². The Balaban J connectivity index is 2.52. The van der Waals surface area contributed by atoms with Crippen LogP contribution in [0.5, 0.6) is 0 Å². The van der Waals surface area contributed by atoms with Gasteiger partial charge < -0.3 is 15.7 Å². The average molecular weight is 264 g/mol. The molecule has 0 aliphatic carbocycles. The van der Waals surface area contributed by atoms with Gasteiger partial charge in [-0.25, -0.2) is 0 Å². The van der Waals surface area contributed by atoms with E-state index in [1.54, 1.807) is 12.1 Å². The Morgan fingerprint density at radius 1 is 1.11 bits per heavy atom. The summed E-state index contributed by atoms with van der Waals surface area (Å²) >= 11 is 0. The first-order valence-electron chi connectivity index (χ1n) is 6.25. The Labute approximate surface area is 113 Å². The summed E-state index contributed by atoms with van der Waals surface area (Å²) in [5, 5.41) is 14.4. The maximum absolute atomic E-state index is 11.5. The van der Waals surface area contributed by atoms with Crippen LogP contribution in [0.25, 0.3) is 0 Å². The first-order chi connectivity index (χ1) is 8.90. The molecule has 0 fully saturated rings. The highest BCUT2D eigenvalue weighted by Crippen LogP contribution is 2.10. The SMILES string of the molecule is CC(C)C(=O)Nc1ccc(CNC(=O)C(C)O)cc1. The molecule has 1 rings (SSSR count). The van der Waals surface area contributed by atoms with Crippen LogP contribution in [-0.2, 0) is 16.1 Å². The fraction of sp³-hybridized carbons (Fsp3) is 0.429. The third kappa shape index (κ3) is 5.09. The number of aliphatic hydroxyl groups excluding tert-OH is 1. The lowest BCUT2D eigenvalue weighted by Gasteiger charge is -2.09. The predicted molar refractivity (Wildman–Crippen MR) is 73.4 cm³/mol. The molecule has 1 unspecified atom stereocenters. The monoisotopic (exact) mass is 264 g/mol. The van der Waals surface area contributed by atoms with Crippen molar-refractivity contribution in [2.75, 3.05) is 5.32 Å². The molecule has 1 aromatic carbocycles. The van der Waals surface area contributed by atoms with Gasteiger partial charge in [-0.05, 0) is 24.6 Å². The molecule has 0 aromatic heterocycles. The normalized spacial score (nSPS) is 12.1. The number of amides is 2. The van der Waals surface area contributed by atoms with Crippen LogP contribution in [0.15, 0.2) is 24.3 Å². The van der Waals surface area contributed by atoms with Crippen LogP contribution < -0.4 is 10.6 Å². The zero-order valence-corrected chi connectivity index (χ0v) is 11.4. The average Bonchev–Trinajstić information content (AvgIpc) is 2.37. The van der Waals surface area contributed by atoms with E-state index in [-0.39, 0.29) is 11.8 Å². The standard InChI is InChI=1S/C14H20N2O3/c1-9(2)13(18)16-12-6-4-11(5-7-12)8-15-14(19)10(3)17/h4-7,9-10,17H,8H2,1-3H3,(H,15,19)(H,16,18). The van der Waals surface area contributed by atoms with E-state index in [0.29, 0.717) is 6.54 Å². The summed E-state index contributed by atoms with van der Waals surface area (Å²) in [7, 11) is 0. The van der Waals surface area contributed by atoms with Crippen molar-refractivity contribution in [3.63, 3.8) is 0 Å². The van der Waals surface area contributed by atoms with Gasteiger partial charge in [-0.3, -0.25) is 9.59 Å². The van der Waals surface area contributed by atoms with Gasteiger partial charge in [0.15, 0.2) is 0 Å². The van der Waals surface area contributed by atoms with E-state index >= 15 is 0 Å². The summed E-state index contributed by atoms with van der Waals surface area (Å²) in [4.78, 5) is 22.7. The van der Waals surface area contributed by atoms with Gasteiger partial charge in [-0.2, -0.15) is 0 Å². The summed E-state index contributed by atoms with van der Waals surface area (Å²) in [5.74, 6) is -0.502. The van der Waals surface area contributed by atoms with E-state index in [9.17, 15) is 9.59 Å². The maximum Gasteiger partial charge on any atom is 0.248 e. The van der Waals surface area contributed by atoms with Crippen LogP contribution in [0, 0.1) is 5.92 Å². The molecule has 0 radical (unpaired) electrons. The first-order valence-corrected chi connectivity index (χ1v) is 6.25. The molecule has 19 heavy (non-hydrogen) atoms. The lowest BCUT2D eigenvalue weighted by molar-refractivity contribution is -0.128. The molecular weight excluding hydrogens is 244 g/mol. The van der Waals surface area contributed by atoms with Gasteiger partial charge in [0.05, 0.1) is 0 Å². The molecule has 104 valence electrons. The van der Waals surface area contributed by atoms with Gasteiger partial charge in [0.2, 0.25) is 11.8 Å². The molecule has 0 saturated heterocycles. The molecule has 2 amide bonds. The molecule has 0 aliphatic rings. The molecule has 5 nitrogen and oxygen atoms in total. The molecule has 5 heteroatoms. The number of nitrogens with one attached hydrogen (secondary N) is 2. The second-order valence-corrected chi connectivity index (χ2v) is 4.73. The van der Waals surface area contributed by atoms with Crippen LogP contribution >= 0.6 is 0 Å². The van der Waals surface area contributed by atoms with Crippen molar-refractivity contribution >= 4 is 17.5 Å². The van der Waals surface area contributed by atoms with Crippen molar-refractivity contribution in [2.45, 2.75) is 33.4 Å². The Hall–Kier alpha value is -1.88. The van der Waals surface area contributed by atoms with E-state index in [1.165, 1.54) is 6.92 Å². The molecule has 1 atom stereocenters. The Kier molecular flexibility index (Phi) is 5.51. The topological polar surface area (TPSA) is 78.4 Å². The molecule has 0 aliphatic heterocycles. The van der Waals surface area contributed by atoms with E-state index in [4.69, 9.17) is 5.11 Å². The van der Waals surface area contributed by atoms with Crippen molar-refractivity contribution in [1.82, 2.24) is 5.32 Å². The lowest BCUT2D eigenvalue weighted by Crippen LogP contribution is -2.31. The predicted octanol–water partition coefficient (Wildman–Crippen LogP) is 1.28. The quantitative estimate of drug-likeness (QED) is 0.749. The number of aliphatic hydroxyl groups is 1. The summed E-state index contributed by atoms with van der Waals surface area (Å²) in [6.07, 6.45) is -1.01. The minimum Gasteiger partial charge on any atom is -0.384 e. The number of anilines is 1. The zero-order chi connectivity index (χ0) is 14.4. The molecule has 0 saturated carbocycles. The molecular formula is C14H20N2O3. The molecule has 0 bridgehead atoms. The minimum atomic E-state index is -1.01.